The standard InChI is InChI=1S/C55H37N5S/c1-3-14-36(15-4-1)49-33-45-53(61-49)55(58-54(57-45)37-28-30-56-31-29-37)60-46-26-24-38(32-44(46)43-25-22-35-13-8-10-19-42(35)52(43)60)41-20-11-21-47-51(41)50-40-18-9-7-12-34(40)23-27-48(50)59(47)39-16-5-2-6-17-39/h1-7,9-10,12,14-20,22-33H,8,11,13,21H2. The van der Waals surface area contributed by atoms with Gasteiger partial charge in [-0.2, -0.15) is 0 Å². The van der Waals surface area contributed by atoms with E-state index in [1.165, 1.54) is 87.6 Å². The quantitative estimate of drug-likeness (QED) is 0.174. The summed E-state index contributed by atoms with van der Waals surface area (Å²) in [4.78, 5) is 16.2. The van der Waals surface area contributed by atoms with Gasteiger partial charge in [-0.15, -0.1) is 11.3 Å². The van der Waals surface area contributed by atoms with Gasteiger partial charge in [-0.05, 0) is 107 Å². The van der Waals surface area contributed by atoms with Crippen molar-refractivity contribution in [2.24, 2.45) is 0 Å². The Morgan fingerprint density at radius 3 is 2.30 bits per heavy atom. The van der Waals surface area contributed by atoms with Gasteiger partial charge >= 0.3 is 0 Å². The summed E-state index contributed by atoms with van der Waals surface area (Å²) in [6.45, 7) is 0. The minimum Gasteiger partial charge on any atom is -0.313 e. The van der Waals surface area contributed by atoms with Crippen LogP contribution < -0.4 is 0 Å². The number of aryl methyl sites for hydroxylation is 1. The van der Waals surface area contributed by atoms with Gasteiger partial charge in [-0.1, -0.05) is 115 Å². The molecule has 2 aliphatic carbocycles. The first-order valence-corrected chi connectivity index (χ1v) is 21.9. The molecule has 61 heavy (non-hydrogen) atoms. The Kier molecular flexibility index (Phi) is 7.66. The molecule has 13 rings (SSSR count). The molecule has 0 fully saturated rings. The molecule has 6 aromatic carbocycles. The van der Waals surface area contributed by atoms with Crippen molar-refractivity contribution in [3.63, 3.8) is 0 Å². The summed E-state index contributed by atoms with van der Waals surface area (Å²) in [7, 11) is 0. The van der Waals surface area contributed by atoms with Gasteiger partial charge in [0.1, 0.15) is 0 Å². The molecule has 0 unspecified atom stereocenters. The van der Waals surface area contributed by atoms with Crippen molar-refractivity contribution in [1.82, 2.24) is 24.1 Å². The zero-order chi connectivity index (χ0) is 40.0. The highest BCUT2D eigenvalue weighted by atomic mass is 32.1. The minimum absolute atomic E-state index is 0.691. The molecule has 0 aliphatic heterocycles. The van der Waals surface area contributed by atoms with E-state index in [4.69, 9.17) is 9.97 Å². The van der Waals surface area contributed by atoms with Crippen LogP contribution in [0.4, 0.5) is 0 Å². The van der Waals surface area contributed by atoms with Crippen LogP contribution in [0.5, 0.6) is 0 Å². The van der Waals surface area contributed by atoms with Crippen LogP contribution in [0.3, 0.4) is 0 Å². The number of allylic oxidation sites excluding steroid dienone is 2. The van der Waals surface area contributed by atoms with Crippen LogP contribution in [-0.2, 0) is 12.8 Å². The molecular weight excluding hydrogens is 763 g/mol. The van der Waals surface area contributed by atoms with Crippen molar-refractivity contribution < 1.29 is 0 Å². The zero-order valence-electron chi connectivity index (χ0n) is 33.2. The number of fused-ring (bicyclic) bond motifs is 11. The normalized spacial score (nSPS) is 13.7. The molecule has 0 saturated carbocycles. The maximum atomic E-state index is 5.50. The van der Waals surface area contributed by atoms with Crippen LogP contribution in [0.2, 0.25) is 0 Å². The number of hydrogen-bond donors (Lipinski definition) is 0. The van der Waals surface area contributed by atoms with Gasteiger partial charge in [0.15, 0.2) is 11.6 Å². The van der Waals surface area contributed by atoms with Gasteiger partial charge < -0.3 is 4.57 Å². The third-order valence-electron chi connectivity index (χ3n) is 12.8. The minimum atomic E-state index is 0.691. The van der Waals surface area contributed by atoms with Crippen molar-refractivity contribution >= 4 is 76.7 Å². The van der Waals surface area contributed by atoms with E-state index in [1.54, 1.807) is 11.3 Å². The number of nitrogens with zero attached hydrogens (tertiary/aromatic N) is 5. The highest BCUT2D eigenvalue weighted by molar-refractivity contribution is 7.22. The van der Waals surface area contributed by atoms with Crippen molar-refractivity contribution in [2.45, 2.75) is 25.7 Å². The molecule has 5 aromatic heterocycles. The topological polar surface area (TPSA) is 48.5 Å². The molecule has 6 heteroatoms. The lowest BCUT2D eigenvalue weighted by Crippen LogP contribution is -2.06. The number of benzene rings is 6. The summed E-state index contributed by atoms with van der Waals surface area (Å²) in [5.74, 6) is 1.59. The summed E-state index contributed by atoms with van der Waals surface area (Å²) in [6.07, 6.45) is 14.8. The Hall–Kier alpha value is -7.41. The smallest absolute Gasteiger partial charge is 0.162 e. The van der Waals surface area contributed by atoms with E-state index >= 15 is 0 Å². The fourth-order valence-electron chi connectivity index (χ4n) is 10.1. The van der Waals surface area contributed by atoms with Gasteiger partial charge in [0.05, 0.1) is 26.8 Å². The lowest BCUT2D eigenvalue weighted by Gasteiger charge is -2.18. The molecular formula is C55H37N5S. The zero-order valence-corrected chi connectivity index (χ0v) is 34.0. The van der Waals surface area contributed by atoms with E-state index in [1.807, 2.05) is 24.5 Å². The average Bonchev–Trinajstić information content (AvgIpc) is 4.03. The molecule has 0 bridgehead atoms. The molecule has 5 nitrogen and oxygen atoms in total. The summed E-state index contributed by atoms with van der Waals surface area (Å²) in [5, 5.41) is 6.32. The molecule has 0 saturated heterocycles. The highest BCUT2D eigenvalue weighted by Gasteiger charge is 2.28. The Morgan fingerprint density at radius 1 is 0.590 bits per heavy atom. The molecule has 0 radical (unpaired) electrons. The summed E-state index contributed by atoms with van der Waals surface area (Å²) in [5.41, 5.74) is 15.7. The van der Waals surface area contributed by atoms with Gasteiger partial charge in [0.2, 0.25) is 0 Å². The molecule has 5 heterocycles. The third kappa shape index (κ3) is 5.28. The monoisotopic (exact) mass is 799 g/mol. The predicted octanol–water partition coefficient (Wildman–Crippen LogP) is 14.0. The van der Waals surface area contributed by atoms with Crippen LogP contribution in [0.25, 0.3) is 98.7 Å². The van der Waals surface area contributed by atoms with Crippen LogP contribution in [0.15, 0.2) is 170 Å². The number of rotatable bonds is 5. The lowest BCUT2D eigenvalue weighted by molar-refractivity contribution is 0.884. The van der Waals surface area contributed by atoms with Gasteiger partial charge in [0.25, 0.3) is 0 Å². The first-order valence-electron chi connectivity index (χ1n) is 21.1. The maximum absolute atomic E-state index is 5.50. The Bertz CT molecular complexity index is 3630. The summed E-state index contributed by atoms with van der Waals surface area (Å²) >= 11 is 1.77. The second-order valence-corrected chi connectivity index (χ2v) is 17.2. The number of hydrogen-bond acceptors (Lipinski definition) is 4. The second kappa shape index (κ2) is 13.6. The first-order chi connectivity index (χ1) is 30.3. The number of thiophene rings is 1. The van der Waals surface area contributed by atoms with Crippen LogP contribution in [-0.4, -0.2) is 24.1 Å². The third-order valence-corrected chi connectivity index (χ3v) is 13.9. The molecule has 11 aromatic rings. The first kappa shape index (κ1) is 34.5. The SMILES string of the molecule is C1=Cc2c(ccc3c4cc(C5=CCCc6c5c5c7ccccc7ccc5n6-c5ccccc5)ccc4n(-c4nc(-c5ccncc5)nc5cc(-c6ccccc6)sc45)c23)CC1. The molecule has 0 N–H and O–H groups in total. The van der Waals surface area contributed by atoms with E-state index in [2.05, 4.69) is 166 Å². The Balaban J connectivity index is 1.09. The number of aromatic nitrogens is 5. The molecule has 0 spiro atoms. The molecule has 288 valence electrons. The highest BCUT2D eigenvalue weighted by Crippen LogP contribution is 2.46. The van der Waals surface area contributed by atoms with Crippen molar-refractivity contribution in [3.05, 3.63) is 198 Å². The van der Waals surface area contributed by atoms with Crippen LogP contribution in [0, 0.1) is 0 Å². The molecule has 2 aliphatic rings. The van der Waals surface area contributed by atoms with Crippen LogP contribution in [0.1, 0.15) is 40.8 Å². The van der Waals surface area contributed by atoms with E-state index in [0.29, 0.717) is 5.82 Å². The van der Waals surface area contributed by atoms with Gasteiger partial charge in [-0.25, -0.2) is 9.97 Å². The maximum Gasteiger partial charge on any atom is 0.162 e. The van der Waals surface area contributed by atoms with Crippen molar-refractivity contribution in [3.8, 4) is 33.3 Å². The molecule has 0 atom stereocenters. The van der Waals surface area contributed by atoms with Gasteiger partial charge in [-0.3, -0.25) is 9.55 Å². The fourth-order valence-corrected chi connectivity index (χ4v) is 11.2. The van der Waals surface area contributed by atoms with Crippen molar-refractivity contribution in [1.29, 1.82) is 0 Å². The summed E-state index contributed by atoms with van der Waals surface area (Å²) < 4.78 is 6.02. The van der Waals surface area contributed by atoms with Crippen LogP contribution >= 0.6 is 11.3 Å². The van der Waals surface area contributed by atoms with E-state index in [-0.39, 0.29) is 0 Å². The van der Waals surface area contributed by atoms with E-state index < -0.39 is 0 Å². The molecule has 0 amide bonds. The fraction of sp³-hybridized carbons (Fsp3) is 0.0727. The number of para-hydroxylation sites is 1. The Labute approximate surface area is 356 Å². The summed E-state index contributed by atoms with van der Waals surface area (Å²) in [6, 6.07) is 53.1. The largest absolute Gasteiger partial charge is 0.313 e. The van der Waals surface area contributed by atoms with E-state index in [9.17, 15) is 0 Å². The predicted molar refractivity (Wildman–Crippen MR) is 254 cm³/mol. The van der Waals surface area contributed by atoms with Gasteiger partial charge in [0, 0.05) is 61.5 Å². The number of pyridine rings is 1. The average molecular weight is 800 g/mol. The van der Waals surface area contributed by atoms with E-state index in [0.717, 1.165) is 52.8 Å². The second-order valence-electron chi connectivity index (χ2n) is 16.2. The Morgan fingerprint density at radius 2 is 1.41 bits per heavy atom. The van der Waals surface area contributed by atoms with Crippen molar-refractivity contribution in [2.75, 3.05) is 0 Å². The lowest BCUT2D eigenvalue weighted by atomic mass is 9.87.